The third-order valence-corrected chi connectivity index (χ3v) is 0. The summed E-state index contributed by atoms with van der Waals surface area (Å²) in [5, 5.41) is 0. The van der Waals surface area contributed by atoms with Crippen LogP contribution in [0.1, 0.15) is 6.92 Å². The van der Waals surface area contributed by atoms with Gasteiger partial charge in [0.05, 0.1) is 0 Å². The molecule has 0 aromatic heterocycles. The normalized spacial score (nSPS) is 7.71. The Balaban J connectivity index is 0. The quantitative estimate of drug-likeness (QED) is 0.433. The average molecular weight is 121 g/mol. The molecule has 0 heterocycles. The van der Waals surface area contributed by atoms with Crippen molar-refractivity contribution < 1.29 is 0 Å². The predicted molar refractivity (Wildman–Crippen MR) is 39.9 cm³/mol. The molecule has 0 amide bonds. The van der Waals surface area contributed by atoms with Crippen molar-refractivity contribution >= 4 is 9.24 Å². The van der Waals surface area contributed by atoms with Gasteiger partial charge in [-0.25, -0.2) is 0 Å². The zero-order chi connectivity index (χ0) is 6.28. The number of hydrogen-bond acceptors (Lipinski definition) is 1. The van der Waals surface area contributed by atoms with E-state index in [0.717, 1.165) is 0 Å². The van der Waals surface area contributed by atoms with Gasteiger partial charge in [0, 0.05) is 0 Å². The van der Waals surface area contributed by atoms with Crippen molar-refractivity contribution in [3.05, 3.63) is 0 Å². The number of nitrogens with zero attached hydrogens (tertiary/aromatic N) is 1. The van der Waals surface area contributed by atoms with E-state index in [0.29, 0.717) is 0 Å². The van der Waals surface area contributed by atoms with E-state index in [4.69, 9.17) is 0 Å². The summed E-state index contributed by atoms with van der Waals surface area (Å²) >= 11 is 0. The van der Waals surface area contributed by atoms with Crippen molar-refractivity contribution in [3.63, 3.8) is 0 Å². The van der Waals surface area contributed by atoms with E-state index in [-0.39, 0.29) is 0 Å². The van der Waals surface area contributed by atoms with E-state index in [2.05, 4.69) is 16.2 Å². The molecule has 1 nitrogen and oxygen atoms in total. The zero-order valence-corrected chi connectivity index (χ0v) is 6.89. The van der Waals surface area contributed by atoms with Crippen LogP contribution in [-0.4, -0.2) is 32.2 Å². The van der Waals surface area contributed by atoms with Gasteiger partial charge >= 0.3 is 0 Å². The maximum absolute atomic E-state index is 2.58. The number of hydrogen-bond donors (Lipinski definition) is 0. The van der Waals surface area contributed by atoms with Crippen LogP contribution in [0.2, 0.25) is 0 Å². The molecule has 0 rings (SSSR count). The predicted octanol–water partition coefficient (Wildman–Crippen LogP) is 1.06. The third-order valence-electron chi connectivity index (χ3n) is 0. The van der Waals surface area contributed by atoms with Gasteiger partial charge in [-0.05, 0) is 27.3 Å². The molecular weight excluding hydrogens is 105 g/mol. The highest BCUT2D eigenvalue weighted by atomic mass is 31.0. The molecule has 0 aliphatic heterocycles. The highest BCUT2D eigenvalue weighted by Gasteiger charge is 1.58. The van der Waals surface area contributed by atoms with Gasteiger partial charge in [0.25, 0.3) is 0 Å². The molecule has 0 aromatic carbocycles. The molecule has 0 fully saturated rings. The summed E-state index contributed by atoms with van der Waals surface area (Å²) in [5.74, 6) is 0. The fourth-order valence-corrected chi connectivity index (χ4v) is 0. The SMILES string of the molecule is CCP.CN(C)C. The lowest BCUT2D eigenvalue weighted by Gasteiger charge is -1.90. The summed E-state index contributed by atoms with van der Waals surface area (Å²) in [7, 11) is 8.58. The van der Waals surface area contributed by atoms with Crippen LogP contribution >= 0.6 is 9.24 Å². The van der Waals surface area contributed by atoms with Crippen molar-refractivity contribution in [1.82, 2.24) is 4.90 Å². The van der Waals surface area contributed by atoms with E-state index < -0.39 is 0 Å². The summed E-state index contributed by atoms with van der Waals surface area (Å²) in [6.07, 6.45) is 1.17. The van der Waals surface area contributed by atoms with Crippen LogP contribution in [0, 0.1) is 0 Å². The minimum absolute atomic E-state index is 1.17. The van der Waals surface area contributed by atoms with Crippen LogP contribution in [-0.2, 0) is 0 Å². The lowest BCUT2D eigenvalue weighted by Crippen LogP contribution is -1.99. The lowest BCUT2D eigenvalue weighted by molar-refractivity contribution is 0.505. The van der Waals surface area contributed by atoms with Gasteiger partial charge in [-0.2, -0.15) is 0 Å². The van der Waals surface area contributed by atoms with Crippen molar-refractivity contribution in [2.75, 3.05) is 27.3 Å². The smallest absolute Gasteiger partial charge is 0.0140 e. The van der Waals surface area contributed by atoms with Crippen LogP contribution in [0.5, 0.6) is 0 Å². The van der Waals surface area contributed by atoms with E-state index in [1.165, 1.54) is 6.16 Å². The van der Waals surface area contributed by atoms with Gasteiger partial charge in [0.15, 0.2) is 0 Å². The fraction of sp³-hybridized carbons (Fsp3) is 1.00. The topological polar surface area (TPSA) is 3.24 Å². The summed E-state index contributed by atoms with van der Waals surface area (Å²) in [5.41, 5.74) is 0. The van der Waals surface area contributed by atoms with E-state index >= 15 is 0 Å². The van der Waals surface area contributed by atoms with E-state index in [9.17, 15) is 0 Å². The first-order chi connectivity index (χ1) is 3.15. The maximum atomic E-state index is 2.58. The molecule has 0 N–H and O–H groups in total. The minimum Gasteiger partial charge on any atom is -0.312 e. The lowest BCUT2D eigenvalue weighted by atomic mass is 11.0. The van der Waals surface area contributed by atoms with Crippen LogP contribution in [0.4, 0.5) is 0 Å². The molecule has 0 saturated carbocycles. The second kappa shape index (κ2) is 9.63. The summed E-state index contributed by atoms with van der Waals surface area (Å²) in [4.78, 5) is 2.00. The van der Waals surface area contributed by atoms with Gasteiger partial charge < -0.3 is 4.90 Å². The van der Waals surface area contributed by atoms with Crippen LogP contribution < -0.4 is 0 Å². The Morgan fingerprint density at radius 3 is 1.29 bits per heavy atom. The average Bonchev–Trinajstić information content (AvgIpc) is 1.33. The standard InChI is InChI=1S/C3H9N.C2H7P/c1-4(2)3;1-2-3/h1-3H3;2-3H2,1H3. The van der Waals surface area contributed by atoms with Gasteiger partial charge in [0.1, 0.15) is 0 Å². The van der Waals surface area contributed by atoms with E-state index in [1.54, 1.807) is 0 Å². The van der Waals surface area contributed by atoms with Gasteiger partial charge in [-0.3, -0.25) is 0 Å². The zero-order valence-electron chi connectivity index (χ0n) is 5.73. The second-order valence-corrected chi connectivity index (χ2v) is 2.57. The Kier molecular flexibility index (Phi) is 14.3. The van der Waals surface area contributed by atoms with Gasteiger partial charge in [-0.15, -0.1) is 9.24 Å². The molecule has 1 atom stereocenters. The molecule has 2 heteroatoms. The Morgan fingerprint density at radius 1 is 1.29 bits per heavy atom. The van der Waals surface area contributed by atoms with Gasteiger partial charge in [-0.1, -0.05) is 6.92 Å². The maximum Gasteiger partial charge on any atom is -0.0140 e. The van der Waals surface area contributed by atoms with Crippen molar-refractivity contribution in [3.8, 4) is 0 Å². The minimum atomic E-state index is 1.17. The van der Waals surface area contributed by atoms with Crippen LogP contribution in [0.25, 0.3) is 0 Å². The largest absolute Gasteiger partial charge is 0.312 e. The molecular formula is C5H16NP. The second-order valence-electron chi connectivity index (χ2n) is 1.75. The molecule has 0 aliphatic carbocycles. The molecule has 0 saturated heterocycles. The van der Waals surface area contributed by atoms with E-state index in [1.807, 2.05) is 26.0 Å². The molecule has 0 aliphatic rings. The van der Waals surface area contributed by atoms with Crippen LogP contribution in [0.3, 0.4) is 0 Å². The first kappa shape index (κ1) is 10.4. The fourth-order valence-electron chi connectivity index (χ4n) is 0. The summed E-state index contributed by atoms with van der Waals surface area (Å²) < 4.78 is 0. The molecule has 0 radical (unpaired) electrons. The summed E-state index contributed by atoms with van der Waals surface area (Å²) in [6, 6.07) is 0. The Bertz CT molecular complexity index is 19.3. The molecule has 0 spiro atoms. The summed E-state index contributed by atoms with van der Waals surface area (Å²) in [6.45, 7) is 2.09. The molecule has 7 heavy (non-hydrogen) atoms. The van der Waals surface area contributed by atoms with Crippen molar-refractivity contribution in [1.29, 1.82) is 0 Å². The van der Waals surface area contributed by atoms with Crippen molar-refractivity contribution in [2.24, 2.45) is 0 Å². The van der Waals surface area contributed by atoms with Crippen molar-refractivity contribution in [2.45, 2.75) is 6.92 Å². The van der Waals surface area contributed by atoms with Gasteiger partial charge in [0.2, 0.25) is 0 Å². The molecule has 0 bridgehead atoms. The number of rotatable bonds is 0. The Morgan fingerprint density at radius 2 is 1.29 bits per heavy atom. The Hall–Kier alpha value is 0.390. The monoisotopic (exact) mass is 121 g/mol. The Labute approximate surface area is 49.3 Å². The first-order valence-electron chi connectivity index (χ1n) is 2.46. The highest BCUT2D eigenvalue weighted by molar-refractivity contribution is 7.16. The molecule has 1 unspecified atom stereocenters. The molecule has 46 valence electrons. The third kappa shape index (κ3) is 810. The van der Waals surface area contributed by atoms with Crippen LogP contribution in [0.15, 0.2) is 0 Å². The highest BCUT2D eigenvalue weighted by Crippen LogP contribution is 1.68. The first-order valence-corrected chi connectivity index (χ1v) is 3.27. The molecule has 0 aromatic rings.